The van der Waals surface area contributed by atoms with E-state index in [1.165, 1.54) is 0 Å². The molecule has 1 aromatic carbocycles. The molecule has 76 valence electrons. The fourth-order valence-corrected chi connectivity index (χ4v) is 1.82. The van der Waals surface area contributed by atoms with Crippen molar-refractivity contribution in [1.82, 2.24) is 10.2 Å². The Bertz CT molecular complexity index is 517. The lowest BCUT2D eigenvalue weighted by Crippen LogP contribution is -2.11. The van der Waals surface area contributed by atoms with Crippen LogP contribution in [0.25, 0.3) is 0 Å². The summed E-state index contributed by atoms with van der Waals surface area (Å²) in [4.78, 5) is 11.6. The number of carbonyl (C=O) groups is 1. The third-order valence-electron chi connectivity index (χ3n) is 1.66. The lowest BCUT2D eigenvalue weighted by atomic mass is 10.3. The predicted octanol–water partition coefficient (Wildman–Crippen LogP) is 2.45. The molecule has 0 bridgehead atoms. The van der Waals surface area contributed by atoms with Crippen molar-refractivity contribution in [3.8, 4) is 0 Å². The number of aromatic amines is 1. The van der Waals surface area contributed by atoms with Crippen molar-refractivity contribution >= 4 is 35.1 Å². The number of hydrogen-bond acceptors (Lipinski definition) is 4. The fourth-order valence-electron chi connectivity index (χ4n) is 1.03. The SMILES string of the molecule is O=C(Nc1ccccc1)c1n[nH]c(=S)s1. The third kappa shape index (κ3) is 2.48. The molecule has 0 unspecified atom stereocenters. The average Bonchev–Trinajstić information content (AvgIpc) is 2.66. The summed E-state index contributed by atoms with van der Waals surface area (Å²) in [7, 11) is 0. The number of aromatic nitrogens is 2. The first-order chi connectivity index (χ1) is 7.25. The number of benzene rings is 1. The van der Waals surface area contributed by atoms with E-state index in [9.17, 15) is 4.79 Å². The molecule has 6 heteroatoms. The maximum atomic E-state index is 11.6. The topological polar surface area (TPSA) is 57.8 Å². The van der Waals surface area contributed by atoms with E-state index in [1.807, 2.05) is 30.3 Å². The van der Waals surface area contributed by atoms with Crippen LogP contribution < -0.4 is 5.32 Å². The van der Waals surface area contributed by atoms with Crippen LogP contribution in [0, 0.1) is 3.95 Å². The molecule has 2 rings (SSSR count). The van der Waals surface area contributed by atoms with Crippen LogP contribution >= 0.6 is 23.6 Å². The third-order valence-corrected chi connectivity index (χ3v) is 2.75. The number of nitrogens with one attached hydrogen (secondary N) is 2. The zero-order valence-corrected chi connectivity index (χ0v) is 9.19. The quantitative estimate of drug-likeness (QED) is 0.789. The zero-order chi connectivity index (χ0) is 10.7. The van der Waals surface area contributed by atoms with E-state index in [1.54, 1.807) is 0 Å². The summed E-state index contributed by atoms with van der Waals surface area (Å²) in [5.41, 5.74) is 0.739. The second-order valence-corrected chi connectivity index (χ2v) is 4.40. The van der Waals surface area contributed by atoms with Gasteiger partial charge in [0.15, 0.2) is 3.95 Å². The number of H-pyrrole nitrogens is 1. The molecule has 2 N–H and O–H groups in total. The molecule has 0 saturated carbocycles. The van der Waals surface area contributed by atoms with Crippen molar-refractivity contribution in [1.29, 1.82) is 0 Å². The van der Waals surface area contributed by atoms with Gasteiger partial charge in [-0.15, -0.1) is 0 Å². The van der Waals surface area contributed by atoms with Gasteiger partial charge in [0, 0.05) is 5.69 Å². The van der Waals surface area contributed by atoms with Gasteiger partial charge in [-0.1, -0.05) is 29.5 Å². The van der Waals surface area contributed by atoms with Gasteiger partial charge in [0.1, 0.15) is 0 Å². The number of rotatable bonds is 2. The van der Waals surface area contributed by atoms with Gasteiger partial charge in [-0.2, -0.15) is 5.10 Å². The number of nitrogens with zero attached hydrogens (tertiary/aromatic N) is 1. The molecule has 0 aliphatic rings. The maximum Gasteiger partial charge on any atom is 0.286 e. The molecule has 0 aliphatic heterocycles. The summed E-state index contributed by atoms with van der Waals surface area (Å²) in [6.07, 6.45) is 0. The average molecular weight is 237 g/mol. The molecule has 15 heavy (non-hydrogen) atoms. The van der Waals surface area contributed by atoms with E-state index in [-0.39, 0.29) is 5.91 Å². The van der Waals surface area contributed by atoms with E-state index < -0.39 is 0 Å². The van der Waals surface area contributed by atoms with Gasteiger partial charge in [-0.25, -0.2) is 0 Å². The van der Waals surface area contributed by atoms with Crippen molar-refractivity contribution < 1.29 is 4.79 Å². The summed E-state index contributed by atoms with van der Waals surface area (Å²) < 4.78 is 0.494. The number of anilines is 1. The Morgan fingerprint density at radius 3 is 2.73 bits per heavy atom. The molecule has 1 aromatic heterocycles. The predicted molar refractivity (Wildman–Crippen MR) is 61.7 cm³/mol. The molecular formula is C9H7N3OS2. The highest BCUT2D eigenvalue weighted by molar-refractivity contribution is 7.73. The van der Waals surface area contributed by atoms with Crippen LogP contribution in [0.4, 0.5) is 5.69 Å². The van der Waals surface area contributed by atoms with Crippen LogP contribution in [0.1, 0.15) is 9.80 Å². The molecule has 4 nitrogen and oxygen atoms in total. The summed E-state index contributed by atoms with van der Waals surface area (Å²) >= 11 is 5.99. The van der Waals surface area contributed by atoms with Gasteiger partial charge in [0.05, 0.1) is 0 Å². The van der Waals surface area contributed by atoms with Gasteiger partial charge in [0.25, 0.3) is 5.91 Å². The Morgan fingerprint density at radius 2 is 2.13 bits per heavy atom. The Labute approximate surface area is 95.0 Å². The molecule has 0 atom stereocenters. The Morgan fingerprint density at radius 1 is 1.40 bits per heavy atom. The van der Waals surface area contributed by atoms with Crippen LogP contribution in [0.5, 0.6) is 0 Å². The van der Waals surface area contributed by atoms with Crippen LogP contribution in [-0.4, -0.2) is 16.1 Å². The smallest absolute Gasteiger partial charge is 0.286 e. The molecule has 0 spiro atoms. The summed E-state index contributed by atoms with van der Waals surface area (Å²) in [5.74, 6) is -0.251. The molecule has 0 saturated heterocycles. The standard InChI is InChI=1S/C9H7N3OS2/c13-7(8-11-12-9(14)15-8)10-6-4-2-1-3-5-6/h1-5H,(H,10,13)(H,12,14). The highest BCUT2D eigenvalue weighted by Crippen LogP contribution is 2.10. The minimum absolute atomic E-state index is 0.251. The van der Waals surface area contributed by atoms with Gasteiger partial charge in [-0.05, 0) is 24.4 Å². The van der Waals surface area contributed by atoms with Gasteiger partial charge < -0.3 is 5.32 Å². The first-order valence-electron chi connectivity index (χ1n) is 4.17. The Hall–Kier alpha value is -1.53. The number of para-hydroxylation sites is 1. The van der Waals surface area contributed by atoms with Crippen molar-refractivity contribution in [3.05, 3.63) is 39.3 Å². The molecular weight excluding hydrogens is 230 g/mol. The van der Waals surface area contributed by atoms with E-state index >= 15 is 0 Å². The summed E-state index contributed by atoms with van der Waals surface area (Å²) in [6, 6.07) is 9.20. The van der Waals surface area contributed by atoms with Crippen LogP contribution in [0.3, 0.4) is 0 Å². The Balaban J connectivity index is 2.14. The minimum atomic E-state index is -0.251. The van der Waals surface area contributed by atoms with Crippen molar-refractivity contribution in [2.24, 2.45) is 0 Å². The molecule has 0 radical (unpaired) electrons. The first-order valence-corrected chi connectivity index (χ1v) is 5.40. The van der Waals surface area contributed by atoms with E-state index in [2.05, 4.69) is 15.5 Å². The molecule has 1 amide bonds. The van der Waals surface area contributed by atoms with E-state index in [0.717, 1.165) is 17.0 Å². The lowest BCUT2D eigenvalue weighted by molar-refractivity contribution is 0.102. The largest absolute Gasteiger partial charge is 0.320 e. The Kier molecular flexibility index (Phi) is 2.89. The second kappa shape index (κ2) is 4.33. The van der Waals surface area contributed by atoms with Crippen LogP contribution in [0.2, 0.25) is 0 Å². The van der Waals surface area contributed by atoms with E-state index in [0.29, 0.717) is 8.96 Å². The normalized spacial score (nSPS) is 9.87. The lowest BCUT2D eigenvalue weighted by Gasteiger charge is -2.00. The highest BCUT2D eigenvalue weighted by atomic mass is 32.1. The minimum Gasteiger partial charge on any atom is -0.320 e. The van der Waals surface area contributed by atoms with Crippen molar-refractivity contribution in [3.63, 3.8) is 0 Å². The molecule has 2 aromatic rings. The number of hydrogen-bond donors (Lipinski definition) is 2. The second-order valence-electron chi connectivity index (χ2n) is 2.74. The van der Waals surface area contributed by atoms with Crippen molar-refractivity contribution in [2.45, 2.75) is 0 Å². The number of amides is 1. The monoisotopic (exact) mass is 237 g/mol. The maximum absolute atomic E-state index is 11.6. The molecule has 1 heterocycles. The van der Waals surface area contributed by atoms with Crippen molar-refractivity contribution in [2.75, 3.05) is 5.32 Å². The molecule has 0 fully saturated rings. The van der Waals surface area contributed by atoms with Gasteiger partial charge in [-0.3, -0.25) is 9.89 Å². The van der Waals surface area contributed by atoms with Crippen LogP contribution in [0.15, 0.2) is 30.3 Å². The highest BCUT2D eigenvalue weighted by Gasteiger charge is 2.09. The number of carbonyl (C=O) groups excluding carboxylic acids is 1. The summed E-state index contributed by atoms with van der Waals surface area (Å²) in [6.45, 7) is 0. The summed E-state index contributed by atoms with van der Waals surface area (Å²) in [5, 5.41) is 9.40. The first kappa shape index (κ1) is 10.0. The van der Waals surface area contributed by atoms with Crippen LogP contribution in [-0.2, 0) is 0 Å². The van der Waals surface area contributed by atoms with Gasteiger partial charge in [0.2, 0.25) is 5.01 Å². The zero-order valence-electron chi connectivity index (χ0n) is 7.56. The molecule has 0 aliphatic carbocycles. The van der Waals surface area contributed by atoms with E-state index in [4.69, 9.17) is 12.2 Å². The fraction of sp³-hybridized carbons (Fsp3) is 0. The van der Waals surface area contributed by atoms with Gasteiger partial charge >= 0.3 is 0 Å².